The van der Waals surface area contributed by atoms with Crippen molar-refractivity contribution in [1.82, 2.24) is 14.8 Å². The van der Waals surface area contributed by atoms with E-state index in [-0.39, 0.29) is 0 Å². The van der Waals surface area contributed by atoms with Crippen LogP contribution in [0.3, 0.4) is 0 Å². The van der Waals surface area contributed by atoms with Gasteiger partial charge in [-0.15, -0.1) is 5.10 Å². The van der Waals surface area contributed by atoms with Crippen LogP contribution in [0.2, 0.25) is 5.02 Å². The van der Waals surface area contributed by atoms with Crippen LogP contribution in [-0.2, 0) is 6.42 Å². The van der Waals surface area contributed by atoms with E-state index in [4.69, 9.17) is 11.6 Å². The van der Waals surface area contributed by atoms with Gasteiger partial charge < -0.3 is 5.11 Å². The molecule has 0 aliphatic carbocycles. The predicted molar refractivity (Wildman–Crippen MR) is 64.7 cm³/mol. The van der Waals surface area contributed by atoms with Gasteiger partial charge in [-0.3, -0.25) is 0 Å². The SMILES string of the molecule is OC1CCCc2nc(-c3ccc(Cl)cc3)nn21. The molecule has 1 aliphatic rings. The Morgan fingerprint density at radius 3 is 2.76 bits per heavy atom. The van der Waals surface area contributed by atoms with Crippen molar-refractivity contribution in [2.45, 2.75) is 25.5 Å². The molecular formula is C12H12ClN3O. The summed E-state index contributed by atoms with van der Waals surface area (Å²) in [6.45, 7) is 0. The monoisotopic (exact) mass is 249 g/mol. The van der Waals surface area contributed by atoms with E-state index in [0.29, 0.717) is 10.8 Å². The lowest BCUT2D eigenvalue weighted by Gasteiger charge is -2.17. The van der Waals surface area contributed by atoms with E-state index in [1.807, 2.05) is 24.3 Å². The first-order chi connectivity index (χ1) is 8.24. The topological polar surface area (TPSA) is 50.9 Å². The first-order valence-electron chi connectivity index (χ1n) is 5.63. The zero-order chi connectivity index (χ0) is 11.8. The van der Waals surface area contributed by atoms with Gasteiger partial charge in [0.2, 0.25) is 0 Å². The quantitative estimate of drug-likeness (QED) is 0.845. The van der Waals surface area contributed by atoms with Crippen LogP contribution in [0.4, 0.5) is 0 Å². The van der Waals surface area contributed by atoms with Crippen molar-refractivity contribution < 1.29 is 5.11 Å². The molecule has 5 heteroatoms. The number of fused-ring (bicyclic) bond motifs is 1. The average Bonchev–Trinajstić information content (AvgIpc) is 2.75. The number of halogens is 1. The van der Waals surface area contributed by atoms with Gasteiger partial charge in [0.1, 0.15) is 12.1 Å². The number of nitrogens with zero attached hydrogens (tertiary/aromatic N) is 3. The zero-order valence-electron chi connectivity index (χ0n) is 9.17. The molecule has 1 aliphatic heterocycles. The van der Waals surface area contributed by atoms with Gasteiger partial charge in [-0.25, -0.2) is 9.67 Å². The maximum atomic E-state index is 9.81. The van der Waals surface area contributed by atoms with Crippen LogP contribution in [0.1, 0.15) is 24.9 Å². The highest BCUT2D eigenvalue weighted by Crippen LogP contribution is 2.24. The Morgan fingerprint density at radius 2 is 2.06 bits per heavy atom. The Kier molecular flexibility index (Phi) is 2.61. The molecule has 1 N–H and O–H groups in total. The smallest absolute Gasteiger partial charge is 0.181 e. The number of rotatable bonds is 1. The number of aliphatic hydroxyl groups is 1. The van der Waals surface area contributed by atoms with Crippen molar-refractivity contribution in [1.29, 1.82) is 0 Å². The van der Waals surface area contributed by atoms with Crippen molar-refractivity contribution in [3.05, 3.63) is 35.1 Å². The number of benzene rings is 1. The van der Waals surface area contributed by atoms with Crippen molar-refractivity contribution in [3.8, 4) is 11.4 Å². The highest BCUT2D eigenvalue weighted by molar-refractivity contribution is 6.30. The maximum Gasteiger partial charge on any atom is 0.181 e. The summed E-state index contributed by atoms with van der Waals surface area (Å²) in [4.78, 5) is 4.45. The normalized spacial score (nSPS) is 19.1. The third-order valence-electron chi connectivity index (χ3n) is 2.95. The predicted octanol–water partition coefficient (Wildman–Crippen LogP) is 2.43. The minimum Gasteiger partial charge on any atom is -0.372 e. The van der Waals surface area contributed by atoms with Gasteiger partial charge in [0, 0.05) is 17.0 Å². The third-order valence-corrected chi connectivity index (χ3v) is 3.20. The number of hydrogen-bond donors (Lipinski definition) is 1. The van der Waals surface area contributed by atoms with E-state index >= 15 is 0 Å². The summed E-state index contributed by atoms with van der Waals surface area (Å²) >= 11 is 5.84. The Balaban J connectivity index is 2.02. The fraction of sp³-hybridized carbons (Fsp3) is 0.333. The van der Waals surface area contributed by atoms with Crippen LogP contribution in [0, 0.1) is 0 Å². The summed E-state index contributed by atoms with van der Waals surface area (Å²) in [5.41, 5.74) is 0.920. The number of hydrogen-bond acceptors (Lipinski definition) is 3. The fourth-order valence-electron chi connectivity index (χ4n) is 2.05. The fourth-order valence-corrected chi connectivity index (χ4v) is 2.18. The lowest BCUT2D eigenvalue weighted by molar-refractivity contribution is 0.0648. The van der Waals surface area contributed by atoms with Gasteiger partial charge in [0.15, 0.2) is 5.82 Å². The number of aliphatic hydroxyl groups excluding tert-OH is 1. The first-order valence-corrected chi connectivity index (χ1v) is 6.01. The molecule has 0 spiro atoms. The molecule has 1 aromatic carbocycles. The Bertz CT molecular complexity index is 535. The summed E-state index contributed by atoms with van der Waals surface area (Å²) in [7, 11) is 0. The minimum absolute atomic E-state index is 0.535. The lowest BCUT2D eigenvalue weighted by atomic mass is 10.1. The van der Waals surface area contributed by atoms with Crippen molar-refractivity contribution in [3.63, 3.8) is 0 Å². The molecule has 1 unspecified atom stereocenters. The molecule has 1 aromatic heterocycles. The molecule has 3 rings (SSSR count). The van der Waals surface area contributed by atoms with E-state index in [9.17, 15) is 5.11 Å². The molecule has 0 fully saturated rings. The maximum absolute atomic E-state index is 9.81. The molecular weight excluding hydrogens is 238 g/mol. The van der Waals surface area contributed by atoms with Gasteiger partial charge >= 0.3 is 0 Å². The average molecular weight is 250 g/mol. The number of aryl methyl sites for hydroxylation is 1. The second kappa shape index (κ2) is 4.13. The standard InChI is InChI=1S/C12H12ClN3O/c13-9-6-4-8(5-7-9)12-14-10-2-1-3-11(17)16(10)15-12/h4-7,11,17H,1-3H2. The van der Waals surface area contributed by atoms with Crippen molar-refractivity contribution in [2.24, 2.45) is 0 Å². The summed E-state index contributed by atoms with van der Waals surface area (Å²) < 4.78 is 1.62. The van der Waals surface area contributed by atoms with Crippen LogP contribution < -0.4 is 0 Å². The first kappa shape index (κ1) is 10.7. The number of aromatic nitrogens is 3. The minimum atomic E-state index is -0.535. The van der Waals surface area contributed by atoms with Crippen LogP contribution in [-0.4, -0.2) is 19.9 Å². The van der Waals surface area contributed by atoms with E-state index in [1.54, 1.807) is 4.68 Å². The third kappa shape index (κ3) is 1.94. The Morgan fingerprint density at radius 1 is 1.29 bits per heavy atom. The Hall–Kier alpha value is -1.39. The van der Waals surface area contributed by atoms with Gasteiger partial charge in [-0.1, -0.05) is 11.6 Å². The summed E-state index contributed by atoms with van der Waals surface area (Å²) in [5, 5.41) is 14.8. The summed E-state index contributed by atoms with van der Waals surface area (Å²) in [5.74, 6) is 1.51. The lowest BCUT2D eigenvalue weighted by Crippen LogP contribution is -2.18. The molecule has 0 radical (unpaired) electrons. The van der Waals surface area contributed by atoms with Gasteiger partial charge in [0.05, 0.1) is 0 Å². The van der Waals surface area contributed by atoms with E-state index in [2.05, 4.69) is 10.1 Å². The largest absolute Gasteiger partial charge is 0.372 e. The van der Waals surface area contributed by atoms with Gasteiger partial charge in [-0.2, -0.15) is 0 Å². The van der Waals surface area contributed by atoms with Crippen LogP contribution in [0.25, 0.3) is 11.4 Å². The molecule has 17 heavy (non-hydrogen) atoms. The Labute approximate surface area is 104 Å². The van der Waals surface area contributed by atoms with Crippen LogP contribution in [0.5, 0.6) is 0 Å². The second-order valence-corrected chi connectivity index (χ2v) is 4.61. The van der Waals surface area contributed by atoms with E-state index < -0.39 is 6.23 Å². The molecule has 0 saturated heterocycles. The molecule has 0 amide bonds. The van der Waals surface area contributed by atoms with E-state index in [1.165, 1.54) is 0 Å². The van der Waals surface area contributed by atoms with Gasteiger partial charge in [0.25, 0.3) is 0 Å². The molecule has 2 aromatic rings. The van der Waals surface area contributed by atoms with Crippen LogP contribution in [0.15, 0.2) is 24.3 Å². The van der Waals surface area contributed by atoms with E-state index in [0.717, 1.165) is 30.7 Å². The molecule has 88 valence electrons. The van der Waals surface area contributed by atoms with Crippen LogP contribution >= 0.6 is 11.6 Å². The molecule has 0 saturated carbocycles. The molecule has 4 nitrogen and oxygen atoms in total. The highest BCUT2D eigenvalue weighted by Gasteiger charge is 2.21. The second-order valence-electron chi connectivity index (χ2n) is 4.18. The summed E-state index contributed by atoms with van der Waals surface area (Å²) in [6.07, 6.45) is 2.04. The summed E-state index contributed by atoms with van der Waals surface area (Å²) in [6, 6.07) is 7.40. The molecule has 2 heterocycles. The molecule has 0 bridgehead atoms. The molecule has 1 atom stereocenters. The van der Waals surface area contributed by atoms with Crippen molar-refractivity contribution in [2.75, 3.05) is 0 Å². The van der Waals surface area contributed by atoms with Gasteiger partial charge in [-0.05, 0) is 37.1 Å². The highest BCUT2D eigenvalue weighted by atomic mass is 35.5. The zero-order valence-corrected chi connectivity index (χ0v) is 9.93. The van der Waals surface area contributed by atoms with Crippen molar-refractivity contribution >= 4 is 11.6 Å².